The van der Waals surface area contributed by atoms with Crippen LogP contribution in [0.4, 0.5) is 4.79 Å². The Bertz CT molecular complexity index is 420. The van der Waals surface area contributed by atoms with Crippen molar-refractivity contribution in [3.63, 3.8) is 0 Å². The van der Waals surface area contributed by atoms with Crippen LogP contribution in [0.15, 0.2) is 29.3 Å². The fraction of sp³-hybridized carbons (Fsp3) is 0.462. The number of hydrogen-bond donors (Lipinski definition) is 0. The SMILES string of the molecule is CC(C)(C)OC(=O)N=C1C=CC=CC1CC#N. The lowest BCUT2D eigenvalue weighted by atomic mass is 9.96. The monoisotopic (exact) mass is 232 g/mol. The number of carbonyl (C=O) groups excluding carboxylic acids is 1. The highest BCUT2D eigenvalue weighted by Crippen LogP contribution is 2.15. The van der Waals surface area contributed by atoms with Crippen molar-refractivity contribution in [2.45, 2.75) is 32.8 Å². The maximum atomic E-state index is 11.5. The molecule has 17 heavy (non-hydrogen) atoms. The van der Waals surface area contributed by atoms with Crippen LogP contribution in [0.1, 0.15) is 27.2 Å². The third-order valence-corrected chi connectivity index (χ3v) is 2.03. The van der Waals surface area contributed by atoms with Gasteiger partial charge in [0.1, 0.15) is 5.60 Å². The third-order valence-electron chi connectivity index (χ3n) is 2.03. The molecule has 1 atom stereocenters. The van der Waals surface area contributed by atoms with Gasteiger partial charge in [-0.15, -0.1) is 0 Å². The first-order valence-corrected chi connectivity index (χ1v) is 5.46. The van der Waals surface area contributed by atoms with E-state index < -0.39 is 11.7 Å². The Morgan fingerprint density at radius 1 is 1.53 bits per heavy atom. The fourth-order valence-corrected chi connectivity index (χ4v) is 1.36. The van der Waals surface area contributed by atoms with Crippen LogP contribution in [0, 0.1) is 17.2 Å². The number of allylic oxidation sites excluding steroid dienone is 4. The highest BCUT2D eigenvalue weighted by molar-refractivity contribution is 6.04. The Balaban J connectivity index is 2.76. The number of rotatable bonds is 1. The number of nitriles is 1. The molecule has 4 nitrogen and oxygen atoms in total. The average molecular weight is 232 g/mol. The molecule has 1 rings (SSSR count). The van der Waals surface area contributed by atoms with Crippen molar-refractivity contribution in [1.29, 1.82) is 5.26 Å². The van der Waals surface area contributed by atoms with Crippen molar-refractivity contribution in [3.05, 3.63) is 24.3 Å². The minimum atomic E-state index is -0.615. The van der Waals surface area contributed by atoms with Gasteiger partial charge in [0.15, 0.2) is 0 Å². The minimum Gasteiger partial charge on any atom is -0.442 e. The minimum absolute atomic E-state index is 0.127. The van der Waals surface area contributed by atoms with Crippen LogP contribution < -0.4 is 0 Å². The molecule has 0 spiro atoms. The highest BCUT2D eigenvalue weighted by atomic mass is 16.6. The summed E-state index contributed by atoms with van der Waals surface area (Å²) < 4.78 is 5.10. The van der Waals surface area contributed by atoms with E-state index in [2.05, 4.69) is 11.1 Å². The van der Waals surface area contributed by atoms with E-state index in [1.807, 2.05) is 12.2 Å². The Labute approximate surface area is 101 Å². The van der Waals surface area contributed by atoms with E-state index in [4.69, 9.17) is 10.00 Å². The lowest BCUT2D eigenvalue weighted by Gasteiger charge is -2.18. The summed E-state index contributed by atoms with van der Waals surface area (Å²) in [6.45, 7) is 5.36. The second-order valence-corrected chi connectivity index (χ2v) is 4.73. The molecular weight excluding hydrogens is 216 g/mol. The van der Waals surface area contributed by atoms with Gasteiger partial charge in [-0.2, -0.15) is 10.3 Å². The van der Waals surface area contributed by atoms with Gasteiger partial charge < -0.3 is 4.74 Å². The third kappa shape index (κ3) is 4.64. The van der Waals surface area contributed by atoms with Crippen LogP contribution in [0.3, 0.4) is 0 Å². The molecule has 90 valence electrons. The van der Waals surface area contributed by atoms with E-state index >= 15 is 0 Å². The molecule has 0 heterocycles. The normalized spacial score (nSPS) is 21.3. The van der Waals surface area contributed by atoms with Crippen molar-refractivity contribution in [2.24, 2.45) is 10.9 Å². The zero-order valence-corrected chi connectivity index (χ0v) is 10.3. The topological polar surface area (TPSA) is 62.4 Å². The molecule has 0 fully saturated rings. The average Bonchev–Trinajstić information content (AvgIpc) is 2.18. The Morgan fingerprint density at radius 3 is 2.82 bits per heavy atom. The van der Waals surface area contributed by atoms with Crippen LogP contribution in [0.2, 0.25) is 0 Å². The van der Waals surface area contributed by atoms with Gasteiger partial charge in [0.25, 0.3) is 0 Å². The Hall–Kier alpha value is -1.89. The van der Waals surface area contributed by atoms with Crippen LogP contribution in [-0.2, 0) is 4.74 Å². The Kier molecular flexibility index (Phi) is 4.22. The second kappa shape index (κ2) is 5.44. The first-order valence-electron chi connectivity index (χ1n) is 5.46. The molecule has 4 heteroatoms. The van der Waals surface area contributed by atoms with Gasteiger partial charge >= 0.3 is 6.09 Å². The summed E-state index contributed by atoms with van der Waals surface area (Å²) in [6.07, 6.45) is 6.91. The van der Waals surface area contributed by atoms with Crippen LogP contribution in [0.25, 0.3) is 0 Å². The summed E-state index contributed by atoms with van der Waals surface area (Å²) in [6, 6.07) is 2.07. The van der Waals surface area contributed by atoms with E-state index in [9.17, 15) is 4.79 Å². The van der Waals surface area contributed by atoms with Gasteiger partial charge in [0.2, 0.25) is 0 Å². The molecule has 1 amide bonds. The summed E-state index contributed by atoms with van der Waals surface area (Å²) in [4.78, 5) is 15.4. The number of ether oxygens (including phenoxy) is 1. The van der Waals surface area contributed by atoms with E-state index in [-0.39, 0.29) is 5.92 Å². The predicted octanol–water partition coefficient (Wildman–Crippen LogP) is 3.02. The molecule has 0 aromatic heterocycles. The van der Waals surface area contributed by atoms with E-state index in [0.717, 1.165) is 0 Å². The molecule has 0 radical (unpaired) electrons. The lowest BCUT2D eigenvalue weighted by molar-refractivity contribution is 0.0604. The maximum absolute atomic E-state index is 11.5. The van der Waals surface area contributed by atoms with Gasteiger partial charge in [0.05, 0.1) is 11.8 Å². The molecule has 1 unspecified atom stereocenters. The van der Waals surface area contributed by atoms with Gasteiger partial charge in [-0.3, -0.25) is 0 Å². The zero-order valence-electron chi connectivity index (χ0n) is 10.3. The standard InChI is InChI=1S/C13H16N2O2/c1-13(2,3)17-12(16)15-11-7-5-4-6-10(11)8-9-14/h4-7,10H,8H2,1-3H3. The van der Waals surface area contributed by atoms with Crippen molar-refractivity contribution < 1.29 is 9.53 Å². The number of hydrogen-bond acceptors (Lipinski definition) is 3. The molecule has 1 aliphatic carbocycles. The molecule has 0 aromatic rings. The van der Waals surface area contributed by atoms with Crippen molar-refractivity contribution in [3.8, 4) is 6.07 Å². The second-order valence-electron chi connectivity index (χ2n) is 4.73. The van der Waals surface area contributed by atoms with Gasteiger partial charge in [0, 0.05) is 12.3 Å². The molecule has 1 aliphatic rings. The van der Waals surface area contributed by atoms with Crippen LogP contribution in [0.5, 0.6) is 0 Å². The van der Waals surface area contributed by atoms with Gasteiger partial charge in [-0.1, -0.05) is 18.2 Å². The number of amides is 1. The van der Waals surface area contributed by atoms with E-state index in [1.165, 1.54) is 0 Å². The van der Waals surface area contributed by atoms with Crippen molar-refractivity contribution >= 4 is 11.8 Å². The molecule has 0 bridgehead atoms. The van der Waals surface area contributed by atoms with Crippen molar-refractivity contribution in [1.82, 2.24) is 0 Å². The van der Waals surface area contributed by atoms with E-state index in [1.54, 1.807) is 32.9 Å². The smallest absolute Gasteiger partial charge is 0.434 e. The van der Waals surface area contributed by atoms with Gasteiger partial charge in [-0.05, 0) is 26.8 Å². The van der Waals surface area contributed by atoms with Crippen LogP contribution in [-0.4, -0.2) is 17.4 Å². The summed E-state index contributed by atoms with van der Waals surface area (Å²) >= 11 is 0. The quantitative estimate of drug-likeness (QED) is 0.698. The van der Waals surface area contributed by atoms with Crippen LogP contribution >= 0.6 is 0 Å². The zero-order chi connectivity index (χ0) is 12.9. The number of aliphatic imine (C=N–C) groups is 1. The number of nitrogens with zero attached hydrogens (tertiary/aromatic N) is 2. The molecule has 0 saturated heterocycles. The first-order chi connectivity index (χ1) is 7.92. The highest BCUT2D eigenvalue weighted by Gasteiger charge is 2.18. The van der Waals surface area contributed by atoms with Gasteiger partial charge in [-0.25, -0.2) is 4.79 Å². The van der Waals surface area contributed by atoms with E-state index in [0.29, 0.717) is 12.1 Å². The molecule has 0 aromatic carbocycles. The molecular formula is C13H16N2O2. The van der Waals surface area contributed by atoms with Crippen molar-refractivity contribution in [2.75, 3.05) is 0 Å². The lowest BCUT2D eigenvalue weighted by Crippen LogP contribution is -2.23. The Morgan fingerprint density at radius 2 is 2.24 bits per heavy atom. The fourth-order valence-electron chi connectivity index (χ4n) is 1.36. The largest absolute Gasteiger partial charge is 0.442 e. The molecule has 0 saturated carbocycles. The summed E-state index contributed by atoms with van der Waals surface area (Å²) in [5, 5.41) is 8.68. The maximum Gasteiger partial charge on any atom is 0.434 e. The summed E-state index contributed by atoms with van der Waals surface area (Å²) in [7, 11) is 0. The molecule has 0 aliphatic heterocycles. The molecule has 0 N–H and O–H groups in total. The summed E-state index contributed by atoms with van der Waals surface area (Å²) in [5.41, 5.74) is 0.0170. The number of carbonyl (C=O) groups is 1. The predicted molar refractivity (Wildman–Crippen MR) is 65.7 cm³/mol. The first kappa shape index (κ1) is 13.2. The summed E-state index contributed by atoms with van der Waals surface area (Å²) in [5.74, 6) is -0.127.